The van der Waals surface area contributed by atoms with Crippen LogP contribution in [-0.4, -0.2) is 19.1 Å². The van der Waals surface area contributed by atoms with E-state index in [1.807, 2.05) is 0 Å². The Morgan fingerprint density at radius 1 is 0.964 bits per heavy atom. The van der Waals surface area contributed by atoms with E-state index in [0.29, 0.717) is 53.0 Å². The molecule has 28 heavy (non-hydrogen) atoms. The lowest BCUT2D eigenvalue weighted by Gasteiger charge is -2.20. The topological polar surface area (TPSA) is 80.6 Å². The summed E-state index contributed by atoms with van der Waals surface area (Å²) < 4.78 is 16.8. The number of fused-ring (bicyclic) bond motifs is 1. The lowest BCUT2D eigenvalue weighted by atomic mass is 10.1. The molecule has 0 unspecified atom stereocenters. The normalized spacial score (nSPS) is 12.0. The number of rotatable bonds is 4. The van der Waals surface area contributed by atoms with Gasteiger partial charge in [-0.25, -0.2) is 0 Å². The monoisotopic (exact) mass is 372 g/mol. The SMILES string of the molecule is N#Cc1cccc(Oc2ccc(NC(=O)c3cccc4c3OCCO4)cc2)c1. The fraction of sp³-hybridized carbons (Fsp3) is 0.0909. The summed E-state index contributed by atoms with van der Waals surface area (Å²) in [7, 11) is 0. The standard InChI is InChI=1S/C22H16N2O4/c23-14-15-3-1-4-18(13-15)28-17-9-7-16(8-10-17)24-22(25)19-5-2-6-20-21(19)27-12-11-26-20/h1-10,13H,11-12H2,(H,24,25). The van der Waals surface area contributed by atoms with Crippen LogP contribution in [0.2, 0.25) is 0 Å². The molecule has 0 bridgehead atoms. The van der Waals surface area contributed by atoms with Crippen molar-refractivity contribution in [2.24, 2.45) is 0 Å². The highest BCUT2D eigenvalue weighted by atomic mass is 16.6. The summed E-state index contributed by atoms with van der Waals surface area (Å²) in [5, 5.41) is 11.8. The van der Waals surface area contributed by atoms with Crippen LogP contribution in [0.3, 0.4) is 0 Å². The van der Waals surface area contributed by atoms with Gasteiger partial charge in [0.2, 0.25) is 0 Å². The van der Waals surface area contributed by atoms with Crippen molar-refractivity contribution in [3.8, 4) is 29.1 Å². The molecule has 0 atom stereocenters. The Labute approximate surface area is 161 Å². The molecule has 1 aliphatic rings. The maximum Gasteiger partial charge on any atom is 0.259 e. The largest absolute Gasteiger partial charge is 0.486 e. The van der Waals surface area contributed by atoms with Crippen molar-refractivity contribution in [2.45, 2.75) is 0 Å². The first kappa shape index (κ1) is 17.4. The molecule has 0 aliphatic carbocycles. The molecule has 1 aliphatic heterocycles. The van der Waals surface area contributed by atoms with Gasteiger partial charge in [0.15, 0.2) is 11.5 Å². The average molecular weight is 372 g/mol. The fourth-order valence-electron chi connectivity index (χ4n) is 2.82. The smallest absolute Gasteiger partial charge is 0.259 e. The van der Waals surface area contributed by atoms with Crippen LogP contribution in [0.5, 0.6) is 23.0 Å². The molecule has 0 radical (unpaired) electrons. The highest BCUT2D eigenvalue weighted by Gasteiger charge is 2.20. The summed E-state index contributed by atoms with van der Waals surface area (Å²) in [5.41, 5.74) is 1.57. The van der Waals surface area contributed by atoms with E-state index in [2.05, 4.69) is 11.4 Å². The molecule has 1 heterocycles. The zero-order chi connectivity index (χ0) is 19.3. The Kier molecular flexibility index (Phi) is 4.81. The van der Waals surface area contributed by atoms with Crippen molar-refractivity contribution in [3.05, 3.63) is 77.9 Å². The molecule has 1 amide bonds. The summed E-state index contributed by atoms with van der Waals surface area (Å²) in [4.78, 5) is 12.6. The summed E-state index contributed by atoms with van der Waals surface area (Å²) in [6.45, 7) is 0.882. The first-order valence-corrected chi connectivity index (χ1v) is 8.71. The molecule has 1 N–H and O–H groups in total. The second-order valence-corrected chi connectivity index (χ2v) is 6.05. The van der Waals surface area contributed by atoms with Gasteiger partial charge in [0.25, 0.3) is 5.91 Å². The Hall–Kier alpha value is -3.98. The van der Waals surface area contributed by atoms with Crippen LogP contribution in [0, 0.1) is 11.3 Å². The number of nitrogens with one attached hydrogen (secondary N) is 1. The van der Waals surface area contributed by atoms with E-state index in [1.54, 1.807) is 66.7 Å². The third-order valence-electron chi connectivity index (χ3n) is 4.12. The molecule has 6 nitrogen and oxygen atoms in total. The zero-order valence-corrected chi connectivity index (χ0v) is 14.8. The average Bonchev–Trinajstić information content (AvgIpc) is 2.75. The molecule has 0 saturated heterocycles. The van der Waals surface area contributed by atoms with Crippen LogP contribution in [0.15, 0.2) is 66.7 Å². The van der Waals surface area contributed by atoms with Crippen molar-refractivity contribution in [1.82, 2.24) is 0 Å². The first-order valence-electron chi connectivity index (χ1n) is 8.71. The number of hydrogen-bond donors (Lipinski definition) is 1. The maximum absolute atomic E-state index is 12.6. The van der Waals surface area contributed by atoms with E-state index in [9.17, 15) is 4.79 Å². The predicted octanol–water partition coefficient (Wildman–Crippen LogP) is 4.37. The van der Waals surface area contributed by atoms with Crippen LogP contribution in [0.1, 0.15) is 15.9 Å². The van der Waals surface area contributed by atoms with Gasteiger partial charge in [-0.2, -0.15) is 5.26 Å². The fourth-order valence-corrected chi connectivity index (χ4v) is 2.82. The maximum atomic E-state index is 12.6. The van der Waals surface area contributed by atoms with Gasteiger partial charge in [0.05, 0.1) is 17.2 Å². The predicted molar refractivity (Wildman–Crippen MR) is 103 cm³/mol. The number of ether oxygens (including phenoxy) is 3. The van der Waals surface area contributed by atoms with E-state index >= 15 is 0 Å². The van der Waals surface area contributed by atoms with Gasteiger partial charge in [0.1, 0.15) is 24.7 Å². The molecular weight excluding hydrogens is 356 g/mol. The van der Waals surface area contributed by atoms with Gasteiger partial charge < -0.3 is 19.5 Å². The minimum atomic E-state index is -0.280. The molecule has 0 saturated carbocycles. The molecule has 0 aromatic heterocycles. The van der Waals surface area contributed by atoms with Gasteiger partial charge in [-0.3, -0.25) is 4.79 Å². The lowest BCUT2D eigenvalue weighted by Crippen LogP contribution is -2.20. The number of nitrogens with zero attached hydrogens (tertiary/aromatic N) is 1. The van der Waals surface area contributed by atoms with Crippen molar-refractivity contribution in [3.63, 3.8) is 0 Å². The van der Waals surface area contributed by atoms with Crippen LogP contribution in [0.25, 0.3) is 0 Å². The summed E-state index contributed by atoms with van der Waals surface area (Å²) in [6, 6.07) is 21.2. The number of carbonyl (C=O) groups is 1. The number of nitriles is 1. The van der Waals surface area contributed by atoms with Gasteiger partial charge >= 0.3 is 0 Å². The molecular formula is C22H16N2O4. The van der Waals surface area contributed by atoms with E-state index in [-0.39, 0.29) is 5.91 Å². The van der Waals surface area contributed by atoms with Crippen molar-refractivity contribution >= 4 is 11.6 Å². The number of carbonyl (C=O) groups excluding carboxylic acids is 1. The van der Waals surface area contributed by atoms with E-state index in [4.69, 9.17) is 19.5 Å². The van der Waals surface area contributed by atoms with Gasteiger partial charge in [-0.15, -0.1) is 0 Å². The summed E-state index contributed by atoms with van der Waals surface area (Å²) in [6.07, 6.45) is 0. The molecule has 4 rings (SSSR count). The second kappa shape index (κ2) is 7.72. The Morgan fingerprint density at radius 3 is 2.57 bits per heavy atom. The Balaban J connectivity index is 1.46. The van der Waals surface area contributed by atoms with E-state index in [0.717, 1.165) is 0 Å². The van der Waals surface area contributed by atoms with Gasteiger partial charge in [-0.1, -0.05) is 12.1 Å². The number of benzene rings is 3. The van der Waals surface area contributed by atoms with Crippen LogP contribution in [0.4, 0.5) is 5.69 Å². The van der Waals surface area contributed by atoms with Crippen molar-refractivity contribution < 1.29 is 19.0 Å². The third kappa shape index (κ3) is 3.74. The first-order chi connectivity index (χ1) is 13.7. The molecule has 3 aromatic rings. The van der Waals surface area contributed by atoms with Gasteiger partial charge in [0, 0.05) is 5.69 Å². The highest BCUT2D eigenvalue weighted by Crippen LogP contribution is 2.34. The molecule has 0 fully saturated rings. The minimum Gasteiger partial charge on any atom is -0.486 e. The van der Waals surface area contributed by atoms with Crippen LogP contribution >= 0.6 is 0 Å². The quantitative estimate of drug-likeness (QED) is 0.735. The van der Waals surface area contributed by atoms with Crippen LogP contribution in [-0.2, 0) is 0 Å². The number of anilines is 1. The van der Waals surface area contributed by atoms with E-state index < -0.39 is 0 Å². The summed E-state index contributed by atoms with van der Waals surface area (Å²) in [5.74, 6) is 1.93. The Morgan fingerprint density at radius 2 is 1.75 bits per heavy atom. The summed E-state index contributed by atoms with van der Waals surface area (Å²) >= 11 is 0. The molecule has 138 valence electrons. The van der Waals surface area contributed by atoms with Gasteiger partial charge in [-0.05, 0) is 54.6 Å². The third-order valence-corrected chi connectivity index (χ3v) is 4.12. The Bertz CT molecular complexity index is 1050. The van der Waals surface area contributed by atoms with Crippen molar-refractivity contribution in [1.29, 1.82) is 5.26 Å². The number of hydrogen-bond acceptors (Lipinski definition) is 5. The van der Waals surface area contributed by atoms with Crippen LogP contribution < -0.4 is 19.5 Å². The molecule has 3 aromatic carbocycles. The molecule has 0 spiro atoms. The second-order valence-electron chi connectivity index (χ2n) is 6.05. The highest BCUT2D eigenvalue weighted by molar-refractivity contribution is 6.06. The number of amides is 1. The minimum absolute atomic E-state index is 0.280. The van der Waals surface area contributed by atoms with Crippen molar-refractivity contribution in [2.75, 3.05) is 18.5 Å². The lowest BCUT2D eigenvalue weighted by molar-refractivity contribution is 0.101. The van der Waals surface area contributed by atoms with E-state index in [1.165, 1.54) is 0 Å². The zero-order valence-electron chi connectivity index (χ0n) is 14.8. The number of para-hydroxylation sites is 1. The molecule has 6 heteroatoms.